The van der Waals surface area contributed by atoms with Crippen molar-refractivity contribution in [3.63, 3.8) is 0 Å². The summed E-state index contributed by atoms with van der Waals surface area (Å²) in [4.78, 5) is 26.4. The van der Waals surface area contributed by atoms with Crippen LogP contribution in [0.3, 0.4) is 0 Å². The molecule has 3 heterocycles. The molecule has 0 N–H and O–H groups in total. The Labute approximate surface area is 200 Å². The molecule has 0 aliphatic carbocycles. The highest BCUT2D eigenvalue weighted by Crippen LogP contribution is 2.43. The molecule has 4 aromatic rings. The van der Waals surface area contributed by atoms with E-state index in [1.54, 1.807) is 33.4 Å². The van der Waals surface area contributed by atoms with Crippen LogP contribution >= 0.6 is 11.6 Å². The molecule has 0 fully saturated rings. The molecule has 5 rings (SSSR count). The average Bonchev–Trinajstić information content (AvgIpc) is 3.21. The van der Waals surface area contributed by atoms with Crippen molar-refractivity contribution in [1.82, 2.24) is 13.7 Å². The number of hydrogen-bond donors (Lipinski definition) is 0. The largest absolute Gasteiger partial charge is 0.497 e. The Kier molecular flexibility index (Phi) is 5.50. The molecule has 8 nitrogen and oxygen atoms in total. The maximum absolute atomic E-state index is 13.5. The van der Waals surface area contributed by atoms with Gasteiger partial charge in [-0.05, 0) is 35.9 Å². The lowest BCUT2D eigenvalue weighted by Crippen LogP contribution is -2.37. The van der Waals surface area contributed by atoms with E-state index in [0.29, 0.717) is 40.6 Å². The van der Waals surface area contributed by atoms with Crippen LogP contribution in [0.2, 0.25) is 5.02 Å². The molecule has 2 aromatic heterocycles. The van der Waals surface area contributed by atoms with Gasteiger partial charge in [0, 0.05) is 31.2 Å². The fraction of sp³-hybridized carbons (Fsp3) is 0.280. The van der Waals surface area contributed by atoms with E-state index in [1.165, 1.54) is 11.6 Å². The Hall–Kier alpha value is -3.49. The molecule has 0 amide bonds. The summed E-state index contributed by atoms with van der Waals surface area (Å²) in [6, 6.07) is 12.8. The van der Waals surface area contributed by atoms with E-state index in [1.807, 2.05) is 30.3 Å². The van der Waals surface area contributed by atoms with Crippen LogP contribution in [0.4, 0.5) is 0 Å². The van der Waals surface area contributed by atoms with E-state index < -0.39 is 11.8 Å². The van der Waals surface area contributed by atoms with Crippen LogP contribution in [0.5, 0.6) is 11.5 Å². The molecular weight excluding hydrogens is 458 g/mol. The van der Waals surface area contributed by atoms with Gasteiger partial charge in [0.15, 0.2) is 0 Å². The van der Waals surface area contributed by atoms with Gasteiger partial charge in [-0.25, -0.2) is 4.79 Å². The molecule has 0 saturated heterocycles. The minimum atomic E-state index is -0.583. The highest BCUT2D eigenvalue weighted by molar-refractivity contribution is 6.30. The Morgan fingerprint density at radius 2 is 1.74 bits per heavy atom. The lowest BCUT2D eigenvalue weighted by Gasteiger charge is -2.29. The number of halogens is 1. The fourth-order valence-corrected chi connectivity index (χ4v) is 4.89. The summed E-state index contributed by atoms with van der Waals surface area (Å²) in [6.07, 6.45) is -0.583. The maximum atomic E-state index is 13.5. The van der Waals surface area contributed by atoms with Gasteiger partial charge in [-0.3, -0.25) is 13.9 Å². The van der Waals surface area contributed by atoms with Crippen LogP contribution in [0, 0.1) is 0 Å². The minimum absolute atomic E-state index is 0.360. The molecule has 0 radical (unpaired) electrons. The average molecular weight is 482 g/mol. The molecule has 1 aliphatic heterocycles. The first-order chi connectivity index (χ1) is 16.4. The number of ether oxygens (including phenoxy) is 3. The van der Waals surface area contributed by atoms with Gasteiger partial charge < -0.3 is 18.8 Å². The van der Waals surface area contributed by atoms with E-state index >= 15 is 0 Å². The first-order valence-electron chi connectivity index (χ1n) is 10.8. The van der Waals surface area contributed by atoms with Crippen LogP contribution in [0.25, 0.3) is 22.2 Å². The highest BCUT2D eigenvalue weighted by Gasteiger charge is 2.34. The Balaban J connectivity index is 1.93. The number of aromatic nitrogens is 3. The number of methoxy groups -OCH3 is 2. The summed E-state index contributed by atoms with van der Waals surface area (Å²) in [7, 11) is 6.35. The summed E-state index contributed by atoms with van der Waals surface area (Å²) in [5.74, 6) is 1.27. The van der Waals surface area contributed by atoms with E-state index in [-0.39, 0.29) is 5.56 Å². The Morgan fingerprint density at radius 1 is 1.00 bits per heavy atom. The van der Waals surface area contributed by atoms with Crippen LogP contribution in [0.15, 0.2) is 52.1 Å². The number of benzene rings is 2. The van der Waals surface area contributed by atoms with Crippen molar-refractivity contribution in [2.45, 2.75) is 12.6 Å². The van der Waals surface area contributed by atoms with Gasteiger partial charge in [0.2, 0.25) is 0 Å². The quantitative estimate of drug-likeness (QED) is 0.446. The first-order valence-corrected chi connectivity index (χ1v) is 11.2. The lowest BCUT2D eigenvalue weighted by atomic mass is 10.0. The molecule has 1 unspecified atom stereocenters. The molecule has 176 valence electrons. The maximum Gasteiger partial charge on any atom is 0.331 e. The number of aryl methyl sites for hydroxylation is 1. The Morgan fingerprint density at radius 3 is 2.41 bits per heavy atom. The topological polar surface area (TPSA) is 76.6 Å². The van der Waals surface area contributed by atoms with Crippen molar-refractivity contribution in [3.05, 3.63) is 79.6 Å². The van der Waals surface area contributed by atoms with Crippen LogP contribution < -0.4 is 20.7 Å². The first kappa shape index (κ1) is 22.3. The van der Waals surface area contributed by atoms with Crippen molar-refractivity contribution >= 4 is 22.5 Å². The second-order valence-corrected chi connectivity index (χ2v) is 8.62. The third-order valence-corrected chi connectivity index (χ3v) is 6.64. The van der Waals surface area contributed by atoms with Crippen molar-refractivity contribution in [3.8, 4) is 22.8 Å². The van der Waals surface area contributed by atoms with Gasteiger partial charge in [0.05, 0.1) is 43.1 Å². The predicted molar refractivity (Wildman–Crippen MR) is 130 cm³/mol. The zero-order valence-corrected chi connectivity index (χ0v) is 20.0. The second kappa shape index (κ2) is 8.38. The van der Waals surface area contributed by atoms with E-state index in [4.69, 9.17) is 25.8 Å². The fourth-order valence-electron chi connectivity index (χ4n) is 4.77. The number of fused-ring (bicyclic) bond motifs is 3. The minimum Gasteiger partial charge on any atom is -0.497 e. The normalized spacial score (nSPS) is 15.4. The SMILES string of the molecule is COc1ccc(OC)c(C2OCCn3c(-c4ccc(Cl)cc4)c4c(=O)n(C)c(=O)n(C)c4c32)c1. The monoisotopic (exact) mass is 481 g/mol. The van der Waals surface area contributed by atoms with Gasteiger partial charge >= 0.3 is 5.69 Å². The van der Waals surface area contributed by atoms with Gasteiger partial charge in [-0.15, -0.1) is 0 Å². The van der Waals surface area contributed by atoms with Gasteiger partial charge in [-0.1, -0.05) is 23.7 Å². The molecule has 9 heteroatoms. The van der Waals surface area contributed by atoms with Crippen molar-refractivity contribution in [1.29, 1.82) is 0 Å². The van der Waals surface area contributed by atoms with E-state index in [9.17, 15) is 9.59 Å². The third-order valence-electron chi connectivity index (χ3n) is 6.39. The van der Waals surface area contributed by atoms with Crippen molar-refractivity contribution < 1.29 is 14.2 Å². The van der Waals surface area contributed by atoms with Crippen LogP contribution in [0.1, 0.15) is 17.4 Å². The van der Waals surface area contributed by atoms with Gasteiger partial charge in [-0.2, -0.15) is 0 Å². The summed E-state index contributed by atoms with van der Waals surface area (Å²) in [5, 5.41) is 1.06. The molecule has 34 heavy (non-hydrogen) atoms. The molecule has 0 spiro atoms. The summed E-state index contributed by atoms with van der Waals surface area (Å²) < 4.78 is 22.1. The van der Waals surface area contributed by atoms with Gasteiger partial charge in [0.25, 0.3) is 5.56 Å². The molecular formula is C25H24ClN3O5. The van der Waals surface area contributed by atoms with Crippen molar-refractivity contribution in [2.24, 2.45) is 14.1 Å². The third kappa shape index (κ3) is 3.25. The molecule has 1 atom stereocenters. The van der Waals surface area contributed by atoms with Crippen LogP contribution in [-0.4, -0.2) is 34.5 Å². The summed E-state index contributed by atoms with van der Waals surface area (Å²) in [6.45, 7) is 0.927. The van der Waals surface area contributed by atoms with Crippen molar-refractivity contribution in [2.75, 3.05) is 20.8 Å². The number of nitrogens with zero attached hydrogens (tertiary/aromatic N) is 3. The number of rotatable bonds is 4. The second-order valence-electron chi connectivity index (χ2n) is 8.18. The summed E-state index contributed by atoms with van der Waals surface area (Å²) in [5.41, 5.74) is 2.79. The predicted octanol–water partition coefficient (Wildman–Crippen LogP) is 3.50. The van der Waals surface area contributed by atoms with E-state index in [2.05, 4.69) is 4.57 Å². The zero-order chi connectivity index (χ0) is 24.1. The standard InChI is InChI=1S/C25H24ClN3O5/c1-27-21-19(24(30)28(2)25(27)31)20(14-5-7-15(26)8-6-14)29-11-12-34-23(22(21)29)17-13-16(32-3)9-10-18(17)33-4/h5-10,13,23H,11-12H2,1-4H3. The molecule has 0 bridgehead atoms. The smallest absolute Gasteiger partial charge is 0.331 e. The zero-order valence-electron chi connectivity index (χ0n) is 19.3. The molecule has 2 aromatic carbocycles. The highest BCUT2D eigenvalue weighted by atomic mass is 35.5. The van der Waals surface area contributed by atoms with E-state index in [0.717, 1.165) is 27.1 Å². The molecule has 0 saturated carbocycles. The number of hydrogen-bond acceptors (Lipinski definition) is 5. The molecule has 1 aliphatic rings. The summed E-state index contributed by atoms with van der Waals surface area (Å²) >= 11 is 6.14. The van der Waals surface area contributed by atoms with Gasteiger partial charge in [0.1, 0.15) is 17.6 Å². The van der Waals surface area contributed by atoms with Crippen LogP contribution in [-0.2, 0) is 25.4 Å². The lowest BCUT2D eigenvalue weighted by molar-refractivity contribution is 0.0462. The Bertz CT molecular complexity index is 1530.